The minimum Gasteiger partial charge on any atom is -0.358 e. The monoisotopic (exact) mass is 320 g/mol. The van der Waals surface area contributed by atoms with Crippen molar-refractivity contribution >= 4 is 22.5 Å². The number of H-pyrrole nitrogens is 1. The van der Waals surface area contributed by atoms with Crippen molar-refractivity contribution < 1.29 is 4.79 Å². The van der Waals surface area contributed by atoms with Crippen LogP contribution in [-0.4, -0.2) is 10.9 Å². The standard InChI is InChI=1S/C21H24N2O/c1-4-15-9-8-10-16(5-2)21(15)23-20(24)13-18-14(3)22-19-12-7-6-11-17(18)19/h6-12,22H,4-5,13H2,1-3H3,(H,23,24). The molecule has 0 spiro atoms. The lowest BCUT2D eigenvalue weighted by atomic mass is 10.0. The van der Waals surface area contributed by atoms with Crippen LogP contribution in [0.1, 0.15) is 36.2 Å². The Kier molecular flexibility index (Phi) is 4.70. The number of fused-ring (bicyclic) bond motifs is 1. The third kappa shape index (κ3) is 3.07. The van der Waals surface area contributed by atoms with Gasteiger partial charge in [-0.3, -0.25) is 4.79 Å². The Balaban J connectivity index is 1.87. The summed E-state index contributed by atoms with van der Waals surface area (Å²) in [5.74, 6) is 0.0402. The van der Waals surface area contributed by atoms with Crippen LogP contribution in [0.2, 0.25) is 0 Å². The van der Waals surface area contributed by atoms with E-state index in [2.05, 4.69) is 48.4 Å². The maximum atomic E-state index is 12.7. The Labute approximate surface area is 143 Å². The summed E-state index contributed by atoms with van der Waals surface area (Å²) in [7, 11) is 0. The van der Waals surface area contributed by atoms with Crippen LogP contribution in [0.5, 0.6) is 0 Å². The molecule has 1 aromatic heterocycles. The van der Waals surface area contributed by atoms with Crippen molar-refractivity contribution in [2.75, 3.05) is 5.32 Å². The van der Waals surface area contributed by atoms with Crippen molar-refractivity contribution in [2.45, 2.75) is 40.0 Å². The predicted octanol–water partition coefficient (Wildman–Crippen LogP) is 4.78. The van der Waals surface area contributed by atoms with E-state index >= 15 is 0 Å². The second-order valence-electron chi connectivity index (χ2n) is 6.16. The smallest absolute Gasteiger partial charge is 0.228 e. The summed E-state index contributed by atoms with van der Waals surface area (Å²) in [6.07, 6.45) is 2.21. The quantitative estimate of drug-likeness (QED) is 0.698. The molecule has 3 nitrogen and oxygen atoms in total. The normalized spacial score (nSPS) is 11.0. The van der Waals surface area contributed by atoms with Gasteiger partial charge in [0.2, 0.25) is 5.91 Å². The van der Waals surface area contributed by atoms with E-state index in [1.165, 1.54) is 11.1 Å². The molecule has 1 amide bonds. The zero-order valence-electron chi connectivity index (χ0n) is 14.6. The third-order valence-electron chi connectivity index (χ3n) is 4.63. The first-order valence-corrected chi connectivity index (χ1v) is 8.60. The Morgan fingerprint density at radius 1 is 1.00 bits per heavy atom. The highest BCUT2D eigenvalue weighted by Gasteiger charge is 2.14. The van der Waals surface area contributed by atoms with E-state index in [1.54, 1.807) is 0 Å². The van der Waals surface area contributed by atoms with Crippen molar-refractivity contribution in [3.63, 3.8) is 0 Å². The fraction of sp³-hybridized carbons (Fsp3) is 0.286. The summed E-state index contributed by atoms with van der Waals surface area (Å²) in [4.78, 5) is 16.0. The highest BCUT2D eigenvalue weighted by molar-refractivity contribution is 5.97. The number of carbonyl (C=O) groups is 1. The molecule has 0 radical (unpaired) electrons. The average Bonchev–Trinajstić information content (AvgIpc) is 2.90. The van der Waals surface area contributed by atoms with Crippen LogP contribution in [0.25, 0.3) is 10.9 Å². The number of anilines is 1. The zero-order valence-corrected chi connectivity index (χ0v) is 14.6. The molecule has 3 rings (SSSR count). The van der Waals surface area contributed by atoms with Gasteiger partial charge in [-0.25, -0.2) is 0 Å². The number of benzene rings is 2. The lowest BCUT2D eigenvalue weighted by molar-refractivity contribution is -0.115. The van der Waals surface area contributed by atoms with E-state index in [1.807, 2.05) is 25.1 Å². The molecule has 0 aliphatic rings. The number of rotatable bonds is 5. The Bertz CT molecular complexity index is 854. The second-order valence-corrected chi connectivity index (χ2v) is 6.16. The number of para-hydroxylation sites is 2. The number of amides is 1. The number of aromatic amines is 1. The summed E-state index contributed by atoms with van der Waals surface area (Å²) < 4.78 is 0. The fourth-order valence-corrected chi connectivity index (χ4v) is 3.31. The zero-order chi connectivity index (χ0) is 17.1. The molecule has 2 aromatic carbocycles. The highest BCUT2D eigenvalue weighted by atomic mass is 16.1. The van der Waals surface area contributed by atoms with Gasteiger partial charge in [-0.2, -0.15) is 0 Å². The molecule has 3 heteroatoms. The molecule has 0 bridgehead atoms. The van der Waals surface area contributed by atoms with Crippen LogP contribution < -0.4 is 5.32 Å². The van der Waals surface area contributed by atoms with E-state index in [4.69, 9.17) is 0 Å². The fourth-order valence-electron chi connectivity index (χ4n) is 3.31. The number of aromatic nitrogens is 1. The first kappa shape index (κ1) is 16.3. The maximum Gasteiger partial charge on any atom is 0.228 e. The molecular weight excluding hydrogens is 296 g/mol. The van der Waals surface area contributed by atoms with E-state index in [-0.39, 0.29) is 5.91 Å². The molecule has 0 saturated heterocycles. The van der Waals surface area contributed by atoms with Gasteiger partial charge in [0.05, 0.1) is 6.42 Å². The Morgan fingerprint density at radius 2 is 1.67 bits per heavy atom. The predicted molar refractivity (Wildman–Crippen MR) is 101 cm³/mol. The van der Waals surface area contributed by atoms with Crippen LogP contribution in [-0.2, 0) is 24.1 Å². The van der Waals surface area contributed by atoms with Crippen LogP contribution in [0.3, 0.4) is 0 Å². The van der Waals surface area contributed by atoms with Gasteiger partial charge in [0.1, 0.15) is 0 Å². The van der Waals surface area contributed by atoms with E-state index in [9.17, 15) is 4.79 Å². The first-order chi connectivity index (χ1) is 11.6. The van der Waals surface area contributed by atoms with Gasteiger partial charge in [0.25, 0.3) is 0 Å². The van der Waals surface area contributed by atoms with Gasteiger partial charge < -0.3 is 10.3 Å². The van der Waals surface area contributed by atoms with Gasteiger partial charge >= 0.3 is 0 Å². The molecule has 0 unspecified atom stereocenters. The minimum absolute atomic E-state index is 0.0402. The molecule has 124 valence electrons. The molecule has 2 N–H and O–H groups in total. The number of aryl methyl sites for hydroxylation is 3. The van der Waals surface area contributed by atoms with Crippen LogP contribution in [0.4, 0.5) is 5.69 Å². The molecule has 0 atom stereocenters. The average molecular weight is 320 g/mol. The molecule has 24 heavy (non-hydrogen) atoms. The van der Waals surface area contributed by atoms with Crippen molar-refractivity contribution in [2.24, 2.45) is 0 Å². The molecule has 0 fully saturated rings. The van der Waals surface area contributed by atoms with Gasteiger partial charge in [0.15, 0.2) is 0 Å². The van der Waals surface area contributed by atoms with Gasteiger partial charge in [0, 0.05) is 22.3 Å². The van der Waals surface area contributed by atoms with Crippen molar-refractivity contribution in [1.29, 1.82) is 0 Å². The Hall–Kier alpha value is -2.55. The van der Waals surface area contributed by atoms with Crippen molar-refractivity contribution in [1.82, 2.24) is 4.98 Å². The van der Waals surface area contributed by atoms with Crippen LogP contribution in [0, 0.1) is 6.92 Å². The van der Waals surface area contributed by atoms with Crippen LogP contribution >= 0.6 is 0 Å². The van der Waals surface area contributed by atoms with Crippen molar-refractivity contribution in [3.8, 4) is 0 Å². The number of hydrogen-bond acceptors (Lipinski definition) is 1. The highest BCUT2D eigenvalue weighted by Crippen LogP contribution is 2.25. The molecule has 1 heterocycles. The molecular formula is C21H24N2O. The van der Waals surface area contributed by atoms with Gasteiger partial charge in [-0.1, -0.05) is 50.2 Å². The molecule has 0 aliphatic heterocycles. The van der Waals surface area contributed by atoms with E-state index in [0.29, 0.717) is 6.42 Å². The Morgan fingerprint density at radius 3 is 2.33 bits per heavy atom. The maximum absolute atomic E-state index is 12.7. The number of carbonyl (C=O) groups excluding carboxylic acids is 1. The molecule has 3 aromatic rings. The number of nitrogens with one attached hydrogen (secondary N) is 2. The molecule has 0 saturated carbocycles. The minimum atomic E-state index is 0.0402. The third-order valence-corrected chi connectivity index (χ3v) is 4.63. The summed E-state index contributed by atoms with van der Waals surface area (Å²) in [6, 6.07) is 14.4. The summed E-state index contributed by atoms with van der Waals surface area (Å²) >= 11 is 0. The summed E-state index contributed by atoms with van der Waals surface area (Å²) in [5, 5.41) is 4.29. The largest absolute Gasteiger partial charge is 0.358 e. The first-order valence-electron chi connectivity index (χ1n) is 8.60. The summed E-state index contributed by atoms with van der Waals surface area (Å²) in [6.45, 7) is 6.27. The van der Waals surface area contributed by atoms with E-state index < -0.39 is 0 Å². The van der Waals surface area contributed by atoms with Gasteiger partial charge in [-0.15, -0.1) is 0 Å². The van der Waals surface area contributed by atoms with Crippen molar-refractivity contribution in [3.05, 3.63) is 64.8 Å². The lowest BCUT2D eigenvalue weighted by Crippen LogP contribution is -2.17. The van der Waals surface area contributed by atoms with Crippen LogP contribution in [0.15, 0.2) is 42.5 Å². The number of hydrogen-bond donors (Lipinski definition) is 2. The lowest BCUT2D eigenvalue weighted by Gasteiger charge is -2.14. The second kappa shape index (κ2) is 6.91. The topological polar surface area (TPSA) is 44.9 Å². The SMILES string of the molecule is CCc1cccc(CC)c1NC(=O)Cc1c(C)[nH]c2ccccc12. The van der Waals surface area contributed by atoms with E-state index in [0.717, 1.165) is 40.7 Å². The van der Waals surface area contributed by atoms with Gasteiger partial charge in [-0.05, 0) is 42.5 Å². The summed E-state index contributed by atoms with van der Waals surface area (Å²) in [5.41, 5.74) is 6.60. The molecule has 0 aliphatic carbocycles.